The van der Waals surface area contributed by atoms with E-state index in [0.717, 1.165) is 30.5 Å². The molecule has 1 saturated heterocycles. The topological polar surface area (TPSA) is 70.6 Å². The van der Waals surface area contributed by atoms with Gasteiger partial charge in [0.2, 0.25) is 11.0 Å². The van der Waals surface area contributed by atoms with Crippen molar-refractivity contribution in [2.45, 2.75) is 58.4 Å². The summed E-state index contributed by atoms with van der Waals surface area (Å²) in [5.41, 5.74) is 2.45. The van der Waals surface area contributed by atoms with E-state index < -0.39 is 0 Å². The second-order valence-electron chi connectivity index (χ2n) is 8.97. The third-order valence-corrected chi connectivity index (χ3v) is 7.08. The van der Waals surface area contributed by atoms with E-state index in [1.54, 1.807) is 7.11 Å². The van der Waals surface area contributed by atoms with Gasteiger partial charge in [0.1, 0.15) is 5.82 Å². The molecule has 1 aromatic heterocycles. The van der Waals surface area contributed by atoms with Crippen LogP contribution in [0.1, 0.15) is 56.0 Å². The lowest BCUT2D eigenvalue weighted by Gasteiger charge is -2.33. The second kappa shape index (κ2) is 13.6. The molecular formula is C25H39N5O2S. The maximum Gasteiger partial charge on any atom is 0.221 e. The largest absolute Gasteiger partial charge is 0.383 e. The van der Waals surface area contributed by atoms with Crippen LogP contribution in [0.15, 0.2) is 24.3 Å². The van der Waals surface area contributed by atoms with Gasteiger partial charge >= 0.3 is 0 Å². The fourth-order valence-corrected chi connectivity index (χ4v) is 4.90. The number of aromatic nitrogens is 2. The smallest absolute Gasteiger partial charge is 0.221 e. The van der Waals surface area contributed by atoms with Crippen LogP contribution < -0.4 is 10.2 Å². The van der Waals surface area contributed by atoms with Gasteiger partial charge < -0.3 is 19.9 Å². The Morgan fingerprint density at radius 3 is 2.85 bits per heavy atom. The van der Waals surface area contributed by atoms with Crippen molar-refractivity contribution in [1.29, 1.82) is 0 Å². The molecule has 0 radical (unpaired) electrons. The Balaban J connectivity index is 1.43. The first-order chi connectivity index (χ1) is 16.0. The van der Waals surface area contributed by atoms with Crippen molar-refractivity contribution in [3.8, 4) is 0 Å². The summed E-state index contributed by atoms with van der Waals surface area (Å²) >= 11 is 1.39. The molecule has 1 aliphatic rings. The average Bonchev–Trinajstić information content (AvgIpc) is 3.27. The highest BCUT2D eigenvalue weighted by Gasteiger charge is 2.18. The Kier molecular flexibility index (Phi) is 10.6. The van der Waals surface area contributed by atoms with Crippen molar-refractivity contribution in [2.75, 3.05) is 51.3 Å². The summed E-state index contributed by atoms with van der Waals surface area (Å²) in [6.07, 6.45) is 6.09. The van der Waals surface area contributed by atoms with Gasteiger partial charge in [-0.1, -0.05) is 36.2 Å². The molecule has 1 amide bonds. The van der Waals surface area contributed by atoms with Crippen LogP contribution in [0.25, 0.3) is 0 Å². The van der Waals surface area contributed by atoms with Gasteiger partial charge in [-0.05, 0) is 45.2 Å². The lowest BCUT2D eigenvalue weighted by molar-refractivity contribution is -0.120. The minimum atomic E-state index is 0.0912. The van der Waals surface area contributed by atoms with E-state index in [1.165, 1.54) is 48.5 Å². The first kappa shape index (κ1) is 25.6. The van der Waals surface area contributed by atoms with E-state index in [0.29, 0.717) is 38.6 Å². The Bertz CT molecular complexity index is 842. The summed E-state index contributed by atoms with van der Waals surface area (Å²) in [6, 6.07) is 9.13. The predicted octanol–water partition coefficient (Wildman–Crippen LogP) is 3.66. The molecule has 182 valence electrons. The molecule has 0 saturated carbocycles. The van der Waals surface area contributed by atoms with Crippen molar-refractivity contribution in [3.05, 3.63) is 41.2 Å². The lowest BCUT2D eigenvalue weighted by Crippen LogP contribution is -2.39. The minimum absolute atomic E-state index is 0.0912. The van der Waals surface area contributed by atoms with Gasteiger partial charge in [-0.2, -0.15) is 4.37 Å². The number of benzene rings is 1. The number of nitrogens with zero attached hydrogens (tertiary/aromatic N) is 4. The van der Waals surface area contributed by atoms with Crippen LogP contribution >= 0.6 is 11.5 Å². The van der Waals surface area contributed by atoms with Gasteiger partial charge in [0, 0.05) is 63.7 Å². The highest BCUT2D eigenvalue weighted by molar-refractivity contribution is 7.09. The first-order valence-corrected chi connectivity index (χ1v) is 12.9. The summed E-state index contributed by atoms with van der Waals surface area (Å²) in [5, 5.41) is 3.93. The number of nitrogens with one attached hydrogen (secondary N) is 1. The molecule has 1 N–H and O–H groups in total. The molecule has 1 atom stereocenters. The van der Waals surface area contributed by atoms with Crippen LogP contribution in [0.4, 0.5) is 5.13 Å². The van der Waals surface area contributed by atoms with Crippen LogP contribution in [-0.2, 0) is 16.0 Å². The normalized spacial score (nSPS) is 16.6. The number of hydrogen-bond acceptors (Lipinski definition) is 7. The fourth-order valence-electron chi connectivity index (χ4n) is 4.16. The summed E-state index contributed by atoms with van der Waals surface area (Å²) in [7, 11) is 1.69. The molecule has 0 spiro atoms. The Morgan fingerprint density at radius 1 is 1.27 bits per heavy atom. The highest BCUT2D eigenvalue weighted by Crippen LogP contribution is 2.20. The van der Waals surface area contributed by atoms with Crippen molar-refractivity contribution >= 4 is 22.6 Å². The number of carbonyl (C=O) groups is 1. The van der Waals surface area contributed by atoms with Crippen LogP contribution in [0.5, 0.6) is 0 Å². The summed E-state index contributed by atoms with van der Waals surface area (Å²) in [5.74, 6) is 0.908. The molecule has 2 aromatic rings. The fraction of sp³-hybridized carbons (Fsp3) is 0.640. The van der Waals surface area contributed by atoms with Gasteiger partial charge in [-0.3, -0.25) is 4.79 Å². The van der Waals surface area contributed by atoms with Gasteiger partial charge in [0.15, 0.2) is 0 Å². The van der Waals surface area contributed by atoms with Gasteiger partial charge in [0.05, 0.1) is 6.61 Å². The van der Waals surface area contributed by atoms with Crippen molar-refractivity contribution in [3.63, 3.8) is 0 Å². The minimum Gasteiger partial charge on any atom is -0.383 e. The highest BCUT2D eigenvalue weighted by atomic mass is 32.1. The molecule has 1 fully saturated rings. The van der Waals surface area contributed by atoms with E-state index in [1.807, 2.05) is 0 Å². The molecule has 33 heavy (non-hydrogen) atoms. The van der Waals surface area contributed by atoms with E-state index in [2.05, 4.69) is 57.6 Å². The Morgan fingerprint density at radius 2 is 2.09 bits per heavy atom. The number of rotatable bonds is 13. The van der Waals surface area contributed by atoms with Crippen LogP contribution in [0.3, 0.4) is 0 Å². The Labute approximate surface area is 202 Å². The summed E-state index contributed by atoms with van der Waals surface area (Å²) in [6.45, 7) is 9.27. The maximum atomic E-state index is 12.4. The molecule has 2 heterocycles. The number of carbonyl (C=O) groups excluding carboxylic acids is 1. The van der Waals surface area contributed by atoms with E-state index in [-0.39, 0.29) is 5.91 Å². The maximum absolute atomic E-state index is 12.4. The van der Waals surface area contributed by atoms with Crippen molar-refractivity contribution in [2.24, 2.45) is 0 Å². The molecule has 0 aliphatic carbocycles. The van der Waals surface area contributed by atoms with E-state index >= 15 is 0 Å². The quantitative estimate of drug-likeness (QED) is 0.448. The van der Waals surface area contributed by atoms with Crippen LogP contribution in [0.2, 0.25) is 0 Å². The zero-order chi connectivity index (χ0) is 23.5. The zero-order valence-corrected chi connectivity index (χ0v) is 21.2. The molecule has 1 aliphatic heterocycles. The van der Waals surface area contributed by atoms with Gasteiger partial charge in [-0.15, -0.1) is 0 Å². The van der Waals surface area contributed by atoms with Crippen molar-refractivity contribution < 1.29 is 9.53 Å². The predicted molar refractivity (Wildman–Crippen MR) is 135 cm³/mol. The first-order valence-electron chi connectivity index (χ1n) is 12.2. The second-order valence-corrected chi connectivity index (χ2v) is 9.70. The molecular weight excluding hydrogens is 434 g/mol. The molecule has 3 rings (SSSR count). The number of hydrogen-bond donors (Lipinski definition) is 1. The summed E-state index contributed by atoms with van der Waals surface area (Å²) < 4.78 is 9.81. The van der Waals surface area contributed by atoms with Crippen molar-refractivity contribution in [1.82, 2.24) is 19.6 Å². The van der Waals surface area contributed by atoms with Gasteiger partial charge in [-0.25, -0.2) is 4.98 Å². The number of likely N-dealkylation sites (tertiary alicyclic amines) is 1. The lowest BCUT2D eigenvalue weighted by atomic mass is 10.0. The number of ether oxygens (including phenoxy) is 1. The van der Waals surface area contributed by atoms with Crippen LogP contribution in [-0.4, -0.2) is 72.6 Å². The molecule has 1 unspecified atom stereocenters. The number of aryl methyl sites for hydroxylation is 1. The standard InChI is InChI=1S/C25H39N5O2S/c1-20-8-10-22(11-9-20)19-23-27-25(33-28-23)30(17-18-32-3)16-12-24(31)26-13-6-15-29-14-5-4-7-21(29)2/h8-11,21H,4-7,12-19H2,1-3H3,(H,26,31). The summed E-state index contributed by atoms with van der Waals surface area (Å²) in [4.78, 5) is 21.8. The average molecular weight is 474 g/mol. The number of piperidine rings is 1. The third-order valence-electron chi connectivity index (χ3n) is 6.27. The molecule has 8 heteroatoms. The van der Waals surface area contributed by atoms with E-state index in [4.69, 9.17) is 9.72 Å². The van der Waals surface area contributed by atoms with E-state index in [9.17, 15) is 4.79 Å². The SMILES string of the molecule is COCCN(CCC(=O)NCCCN1CCCCC1C)c1nc(Cc2ccc(C)cc2)ns1. The monoisotopic (exact) mass is 473 g/mol. The molecule has 7 nitrogen and oxygen atoms in total. The zero-order valence-electron chi connectivity index (χ0n) is 20.4. The molecule has 0 bridgehead atoms. The third kappa shape index (κ3) is 8.68. The number of amides is 1. The number of methoxy groups -OCH3 is 1. The Hall–Kier alpha value is -2.03. The molecule has 1 aromatic carbocycles. The van der Waals surface area contributed by atoms with Gasteiger partial charge in [0.25, 0.3) is 0 Å². The van der Waals surface area contributed by atoms with Crippen LogP contribution in [0, 0.1) is 6.92 Å². The number of anilines is 1.